The van der Waals surface area contributed by atoms with Gasteiger partial charge in [-0.3, -0.25) is 4.79 Å². The highest BCUT2D eigenvalue weighted by molar-refractivity contribution is 7.17. The summed E-state index contributed by atoms with van der Waals surface area (Å²) >= 11 is 1.52. The summed E-state index contributed by atoms with van der Waals surface area (Å²) in [6, 6.07) is 14.4. The molecule has 0 aliphatic carbocycles. The molecule has 9 heteroatoms. The molecule has 0 saturated carbocycles. The zero-order valence-corrected chi connectivity index (χ0v) is 20.2. The lowest BCUT2D eigenvalue weighted by Gasteiger charge is -2.36. The second-order valence-corrected chi connectivity index (χ2v) is 9.13. The Labute approximate surface area is 207 Å². The standard InChI is InChI=1S/C26H26FN5O2S/c1-34-22-5-3-2-4-21(22)31-12-14-32(15-13-31)23(33)10-11-28-25-24-20(16-35-26(24)30-17-29-25)18-6-8-19(27)9-7-18/h2-9,16-17H,10-15H2,1H3,(H,28,29,30). The van der Waals surface area contributed by atoms with Crippen LogP contribution >= 0.6 is 11.3 Å². The van der Waals surface area contributed by atoms with E-state index >= 15 is 0 Å². The van der Waals surface area contributed by atoms with Crippen LogP contribution in [0, 0.1) is 5.82 Å². The summed E-state index contributed by atoms with van der Waals surface area (Å²) in [6.45, 7) is 3.35. The Morgan fingerprint density at radius 1 is 1.09 bits per heavy atom. The van der Waals surface area contributed by atoms with E-state index in [-0.39, 0.29) is 11.7 Å². The van der Waals surface area contributed by atoms with Crippen LogP contribution in [0.1, 0.15) is 6.42 Å². The SMILES string of the molecule is COc1ccccc1N1CCN(C(=O)CCNc2ncnc3scc(-c4ccc(F)cc4)c23)CC1. The Bertz CT molecular complexity index is 1320. The fourth-order valence-corrected chi connectivity index (χ4v) is 5.30. The van der Waals surface area contributed by atoms with Crippen molar-refractivity contribution in [2.75, 3.05) is 50.1 Å². The minimum atomic E-state index is -0.273. The molecule has 0 unspecified atom stereocenters. The zero-order valence-electron chi connectivity index (χ0n) is 19.4. The first kappa shape index (κ1) is 23.0. The van der Waals surface area contributed by atoms with E-state index in [0.717, 1.165) is 45.9 Å². The number of aromatic nitrogens is 2. The van der Waals surface area contributed by atoms with E-state index in [2.05, 4.69) is 20.2 Å². The van der Waals surface area contributed by atoms with Gasteiger partial charge in [-0.15, -0.1) is 11.3 Å². The highest BCUT2D eigenvalue weighted by Gasteiger charge is 2.23. The van der Waals surface area contributed by atoms with E-state index in [1.807, 2.05) is 34.5 Å². The van der Waals surface area contributed by atoms with Gasteiger partial charge >= 0.3 is 0 Å². The average molecular weight is 492 g/mol. The summed E-state index contributed by atoms with van der Waals surface area (Å²) in [7, 11) is 1.68. The van der Waals surface area contributed by atoms with Crippen molar-refractivity contribution in [1.82, 2.24) is 14.9 Å². The lowest BCUT2D eigenvalue weighted by Crippen LogP contribution is -2.49. The van der Waals surface area contributed by atoms with Gasteiger partial charge in [0.1, 0.15) is 28.5 Å². The molecule has 180 valence electrons. The van der Waals surface area contributed by atoms with Gasteiger partial charge in [-0.2, -0.15) is 0 Å². The second-order valence-electron chi connectivity index (χ2n) is 8.28. The summed E-state index contributed by atoms with van der Waals surface area (Å²) in [5, 5.41) is 6.22. The fourth-order valence-electron chi connectivity index (χ4n) is 4.38. The van der Waals surface area contributed by atoms with Crippen molar-refractivity contribution in [3.63, 3.8) is 0 Å². The minimum Gasteiger partial charge on any atom is -0.495 e. The molecule has 2 aromatic heterocycles. The molecule has 0 atom stereocenters. The third-order valence-electron chi connectivity index (χ3n) is 6.22. The van der Waals surface area contributed by atoms with E-state index in [9.17, 15) is 9.18 Å². The number of anilines is 2. The maximum absolute atomic E-state index is 13.4. The van der Waals surface area contributed by atoms with Crippen LogP contribution in [0.3, 0.4) is 0 Å². The van der Waals surface area contributed by atoms with Crippen molar-refractivity contribution in [3.8, 4) is 16.9 Å². The molecule has 3 heterocycles. The Hall–Kier alpha value is -3.72. The Morgan fingerprint density at radius 3 is 2.63 bits per heavy atom. The molecule has 7 nitrogen and oxygen atoms in total. The molecule has 1 N–H and O–H groups in total. The first-order valence-electron chi connectivity index (χ1n) is 11.5. The first-order valence-corrected chi connectivity index (χ1v) is 12.4. The molecule has 5 rings (SSSR count). The Kier molecular flexibility index (Phi) is 6.76. The van der Waals surface area contributed by atoms with E-state index in [1.165, 1.54) is 29.8 Å². The number of rotatable bonds is 7. The molecule has 0 spiro atoms. The number of hydrogen-bond acceptors (Lipinski definition) is 7. The summed E-state index contributed by atoms with van der Waals surface area (Å²) in [6.07, 6.45) is 1.89. The number of thiophene rings is 1. The van der Waals surface area contributed by atoms with Crippen LogP contribution in [-0.2, 0) is 4.79 Å². The van der Waals surface area contributed by atoms with Crippen molar-refractivity contribution < 1.29 is 13.9 Å². The van der Waals surface area contributed by atoms with Crippen molar-refractivity contribution >= 4 is 39.0 Å². The number of benzene rings is 2. The lowest BCUT2D eigenvalue weighted by atomic mass is 10.1. The lowest BCUT2D eigenvalue weighted by molar-refractivity contribution is -0.131. The van der Waals surface area contributed by atoms with Gasteiger partial charge in [-0.05, 0) is 29.8 Å². The van der Waals surface area contributed by atoms with Crippen LogP contribution in [0.25, 0.3) is 21.3 Å². The molecule has 0 bridgehead atoms. The first-order chi connectivity index (χ1) is 17.1. The number of piperazine rings is 1. The number of carbonyl (C=O) groups excluding carboxylic acids is 1. The van der Waals surface area contributed by atoms with Gasteiger partial charge in [-0.1, -0.05) is 24.3 Å². The predicted molar refractivity (Wildman–Crippen MR) is 138 cm³/mol. The highest BCUT2D eigenvalue weighted by atomic mass is 32.1. The molecule has 1 aliphatic heterocycles. The molecular weight excluding hydrogens is 465 g/mol. The van der Waals surface area contributed by atoms with Crippen molar-refractivity contribution in [1.29, 1.82) is 0 Å². The van der Waals surface area contributed by atoms with E-state index in [1.54, 1.807) is 19.2 Å². The average Bonchev–Trinajstić information content (AvgIpc) is 3.34. The fraction of sp³-hybridized carbons (Fsp3) is 0.269. The number of nitrogens with one attached hydrogen (secondary N) is 1. The van der Waals surface area contributed by atoms with Gasteiger partial charge in [-0.25, -0.2) is 14.4 Å². The smallest absolute Gasteiger partial charge is 0.224 e. The molecule has 35 heavy (non-hydrogen) atoms. The van der Waals surface area contributed by atoms with Gasteiger partial charge in [0.05, 0.1) is 18.2 Å². The van der Waals surface area contributed by atoms with Crippen LogP contribution in [0.15, 0.2) is 60.2 Å². The third-order valence-corrected chi connectivity index (χ3v) is 7.10. The van der Waals surface area contributed by atoms with Crippen LogP contribution in [-0.4, -0.2) is 60.6 Å². The number of halogens is 1. The number of hydrogen-bond donors (Lipinski definition) is 1. The molecule has 0 radical (unpaired) electrons. The monoisotopic (exact) mass is 491 g/mol. The minimum absolute atomic E-state index is 0.117. The normalized spacial score (nSPS) is 13.8. The predicted octanol–water partition coefficient (Wildman–Crippen LogP) is 4.66. The molecule has 1 amide bonds. The number of para-hydroxylation sites is 2. The molecule has 1 aliphatic rings. The van der Waals surface area contributed by atoms with Gasteiger partial charge in [0.15, 0.2) is 0 Å². The van der Waals surface area contributed by atoms with Crippen LogP contribution in [0.2, 0.25) is 0 Å². The van der Waals surface area contributed by atoms with Gasteiger partial charge in [0, 0.05) is 50.1 Å². The largest absolute Gasteiger partial charge is 0.495 e. The number of carbonyl (C=O) groups is 1. The second kappa shape index (κ2) is 10.3. The van der Waals surface area contributed by atoms with Crippen molar-refractivity contribution in [2.24, 2.45) is 0 Å². The molecule has 4 aromatic rings. The van der Waals surface area contributed by atoms with Crippen molar-refractivity contribution in [2.45, 2.75) is 6.42 Å². The quantitative estimate of drug-likeness (QED) is 0.406. The molecular formula is C26H26FN5O2S. The van der Waals surface area contributed by atoms with E-state index in [0.29, 0.717) is 31.9 Å². The third kappa shape index (κ3) is 4.90. The van der Waals surface area contributed by atoms with Crippen LogP contribution < -0.4 is 15.0 Å². The number of ether oxygens (including phenoxy) is 1. The Morgan fingerprint density at radius 2 is 1.86 bits per heavy atom. The molecule has 1 fully saturated rings. The molecule has 1 saturated heterocycles. The van der Waals surface area contributed by atoms with Crippen LogP contribution in [0.5, 0.6) is 5.75 Å². The summed E-state index contributed by atoms with van der Waals surface area (Å²) in [5.74, 6) is 1.38. The summed E-state index contributed by atoms with van der Waals surface area (Å²) in [4.78, 5) is 26.7. The highest BCUT2D eigenvalue weighted by Crippen LogP contribution is 2.36. The van der Waals surface area contributed by atoms with E-state index < -0.39 is 0 Å². The van der Waals surface area contributed by atoms with Gasteiger partial charge in [0.2, 0.25) is 5.91 Å². The molecule has 2 aromatic carbocycles. The zero-order chi connectivity index (χ0) is 24.2. The topological polar surface area (TPSA) is 70.6 Å². The maximum Gasteiger partial charge on any atom is 0.224 e. The van der Waals surface area contributed by atoms with Crippen molar-refractivity contribution in [3.05, 3.63) is 66.1 Å². The number of fused-ring (bicyclic) bond motifs is 1. The van der Waals surface area contributed by atoms with E-state index in [4.69, 9.17) is 4.74 Å². The summed E-state index contributed by atoms with van der Waals surface area (Å²) < 4.78 is 18.9. The van der Waals surface area contributed by atoms with Gasteiger partial charge < -0.3 is 19.9 Å². The summed E-state index contributed by atoms with van der Waals surface area (Å²) in [5.41, 5.74) is 2.91. The Balaban J connectivity index is 1.20. The number of nitrogens with zero attached hydrogens (tertiary/aromatic N) is 4. The number of amides is 1. The van der Waals surface area contributed by atoms with Gasteiger partial charge in [0.25, 0.3) is 0 Å². The maximum atomic E-state index is 13.4. The van der Waals surface area contributed by atoms with Crippen LogP contribution in [0.4, 0.5) is 15.9 Å². The number of methoxy groups -OCH3 is 1.